The molecule has 17 heavy (non-hydrogen) atoms. The van der Waals surface area contributed by atoms with Crippen LogP contribution in [0.1, 0.15) is 0 Å². The lowest BCUT2D eigenvalue weighted by Crippen LogP contribution is -2.14. The Kier molecular flexibility index (Phi) is 3.33. The normalized spacial score (nSPS) is 10.0. The van der Waals surface area contributed by atoms with E-state index in [-0.39, 0.29) is 6.01 Å². The van der Waals surface area contributed by atoms with Crippen molar-refractivity contribution in [2.45, 2.75) is 0 Å². The van der Waals surface area contributed by atoms with Gasteiger partial charge in [-0.3, -0.25) is 0 Å². The Hall–Kier alpha value is -1.96. The number of aromatic nitrogens is 4. The number of nitrogens with zero attached hydrogens (tertiary/aromatic N) is 4. The van der Waals surface area contributed by atoms with Crippen LogP contribution in [-0.2, 0) is 4.74 Å². The molecule has 0 aliphatic rings. The summed E-state index contributed by atoms with van der Waals surface area (Å²) in [5.74, 6) is 0.539. The predicted molar refractivity (Wildman–Crippen MR) is 59.8 cm³/mol. The second-order valence-electron chi connectivity index (χ2n) is 2.89. The number of rotatable bonds is 2. The minimum absolute atomic E-state index is 0.0299. The van der Waals surface area contributed by atoms with E-state index < -0.39 is 6.09 Å². The Labute approximate surface area is 104 Å². The first kappa shape index (κ1) is 11.5. The summed E-state index contributed by atoms with van der Waals surface area (Å²) in [5, 5.41) is 10.7. The average Bonchev–Trinajstić information content (AvgIpc) is 2.80. The van der Waals surface area contributed by atoms with Crippen LogP contribution in [0, 0.1) is 0 Å². The molecule has 0 saturated carbocycles. The van der Waals surface area contributed by atoms with Crippen molar-refractivity contribution in [2.75, 3.05) is 7.11 Å². The van der Waals surface area contributed by atoms with Gasteiger partial charge in [-0.25, -0.2) is 4.79 Å². The van der Waals surface area contributed by atoms with Crippen molar-refractivity contribution in [1.29, 1.82) is 0 Å². The molecule has 0 aliphatic carbocycles. The molecule has 8 heteroatoms. The highest BCUT2D eigenvalue weighted by atomic mass is 79.9. The van der Waals surface area contributed by atoms with Crippen molar-refractivity contribution in [2.24, 2.45) is 0 Å². The van der Waals surface area contributed by atoms with Crippen molar-refractivity contribution in [3.05, 3.63) is 28.7 Å². The van der Waals surface area contributed by atoms with Gasteiger partial charge in [0.25, 0.3) is 0 Å². The summed E-state index contributed by atoms with van der Waals surface area (Å²) in [5.41, 5.74) is 0. The summed E-state index contributed by atoms with van der Waals surface area (Å²) in [6.07, 6.45) is -0.733. The lowest BCUT2D eigenvalue weighted by molar-refractivity contribution is 0.164. The molecule has 7 nitrogen and oxygen atoms in total. The van der Waals surface area contributed by atoms with Crippen molar-refractivity contribution in [3.63, 3.8) is 0 Å². The van der Waals surface area contributed by atoms with Gasteiger partial charge in [0.15, 0.2) is 0 Å². The molecule has 1 aromatic carbocycles. The number of methoxy groups -OCH3 is 1. The molecule has 0 radical (unpaired) electrons. The van der Waals surface area contributed by atoms with Crippen LogP contribution in [-0.4, -0.2) is 33.4 Å². The summed E-state index contributed by atoms with van der Waals surface area (Å²) < 4.78 is 10.6. The van der Waals surface area contributed by atoms with Gasteiger partial charge >= 0.3 is 12.1 Å². The summed E-state index contributed by atoms with van der Waals surface area (Å²) in [6, 6.07) is 7.03. The summed E-state index contributed by atoms with van der Waals surface area (Å²) in [7, 11) is 1.22. The molecular weight excluding hydrogens is 292 g/mol. The monoisotopic (exact) mass is 298 g/mol. The Morgan fingerprint density at radius 1 is 1.35 bits per heavy atom. The Balaban J connectivity index is 2.11. The highest BCUT2D eigenvalue weighted by Crippen LogP contribution is 2.19. The van der Waals surface area contributed by atoms with E-state index in [0.29, 0.717) is 10.5 Å². The third-order valence-electron chi connectivity index (χ3n) is 1.76. The van der Waals surface area contributed by atoms with Gasteiger partial charge in [0.05, 0.1) is 7.11 Å². The van der Waals surface area contributed by atoms with Crippen LogP contribution in [0.5, 0.6) is 11.8 Å². The molecule has 0 bridgehead atoms. The Morgan fingerprint density at radius 3 is 2.71 bits per heavy atom. The second-order valence-corrected chi connectivity index (χ2v) is 3.80. The van der Waals surface area contributed by atoms with Gasteiger partial charge in [-0.2, -0.15) is 0 Å². The fourth-order valence-electron chi connectivity index (χ4n) is 1.01. The number of hydrogen-bond donors (Lipinski definition) is 0. The number of carbonyl (C=O) groups excluding carboxylic acids is 1. The van der Waals surface area contributed by atoms with Gasteiger partial charge in [-0.1, -0.05) is 30.9 Å². The topological polar surface area (TPSA) is 79.1 Å². The third kappa shape index (κ3) is 2.78. The predicted octanol–water partition coefficient (Wildman–Crippen LogP) is 1.84. The average molecular weight is 299 g/mol. The first-order valence-electron chi connectivity index (χ1n) is 4.51. The number of benzene rings is 1. The van der Waals surface area contributed by atoms with Crippen LogP contribution in [0.4, 0.5) is 4.79 Å². The van der Waals surface area contributed by atoms with Crippen LogP contribution >= 0.6 is 15.9 Å². The fourth-order valence-corrected chi connectivity index (χ4v) is 1.27. The summed E-state index contributed by atoms with van der Waals surface area (Å²) in [4.78, 5) is 11.7. The van der Waals surface area contributed by atoms with E-state index in [1.54, 1.807) is 24.3 Å². The van der Waals surface area contributed by atoms with Crippen molar-refractivity contribution >= 4 is 22.0 Å². The molecule has 0 aliphatic heterocycles. The Bertz CT molecular complexity index is 525. The molecule has 1 aromatic heterocycles. The van der Waals surface area contributed by atoms with E-state index in [9.17, 15) is 4.79 Å². The molecule has 0 saturated heterocycles. The summed E-state index contributed by atoms with van der Waals surface area (Å²) in [6.45, 7) is 0. The molecule has 0 N–H and O–H groups in total. The molecular formula is C9H7BrN4O3. The van der Waals surface area contributed by atoms with E-state index in [2.05, 4.69) is 36.1 Å². The van der Waals surface area contributed by atoms with Gasteiger partial charge in [-0.05, 0) is 29.5 Å². The molecule has 2 aromatic rings. The largest absolute Gasteiger partial charge is 0.453 e. The van der Waals surface area contributed by atoms with Crippen molar-refractivity contribution in [1.82, 2.24) is 20.2 Å². The number of halogens is 1. The zero-order chi connectivity index (χ0) is 12.3. The first-order valence-corrected chi connectivity index (χ1v) is 5.30. The van der Waals surface area contributed by atoms with Crippen LogP contribution < -0.4 is 4.74 Å². The van der Waals surface area contributed by atoms with E-state index >= 15 is 0 Å². The maximum Gasteiger partial charge on any atom is 0.453 e. The molecule has 88 valence electrons. The molecule has 0 spiro atoms. The van der Waals surface area contributed by atoms with Gasteiger partial charge in [0, 0.05) is 4.47 Å². The third-order valence-corrected chi connectivity index (χ3v) is 2.28. The minimum atomic E-state index is -0.733. The highest BCUT2D eigenvalue weighted by Gasteiger charge is 2.11. The van der Waals surface area contributed by atoms with Crippen LogP contribution in [0.2, 0.25) is 0 Å². The molecule has 0 fully saturated rings. The maximum absolute atomic E-state index is 11.0. The van der Waals surface area contributed by atoms with Gasteiger partial charge in [0.1, 0.15) is 5.75 Å². The zero-order valence-electron chi connectivity index (χ0n) is 8.70. The van der Waals surface area contributed by atoms with E-state index in [4.69, 9.17) is 4.74 Å². The van der Waals surface area contributed by atoms with Crippen molar-refractivity contribution < 1.29 is 14.3 Å². The molecule has 1 heterocycles. The van der Waals surface area contributed by atoms with Gasteiger partial charge < -0.3 is 9.47 Å². The number of ether oxygens (including phenoxy) is 2. The minimum Gasteiger partial charge on any atom is -0.450 e. The summed E-state index contributed by atoms with van der Waals surface area (Å²) >= 11 is 3.30. The van der Waals surface area contributed by atoms with Gasteiger partial charge in [0.2, 0.25) is 0 Å². The number of hydrogen-bond acceptors (Lipinski definition) is 6. The Morgan fingerprint density at radius 2 is 2.06 bits per heavy atom. The molecule has 0 unspecified atom stereocenters. The lowest BCUT2D eigenvalue weighted by atomic mass is 10.3. The fraction of sp³-hybridized carbons (Fsp3) is 0.111. The van der Waals surface area contributed by atoms with Crippen LogP contribution in [0.3, 0.4) is 0 Å². The number of carbonyl (C=O) groups is 1. The highest BCUT2D eigenvalue weighted by molar-refractivity contribution is 9.10. The number of tetrazole rings is 1. The van der Waals surface area contributed by atoms with Crippen LogP contribution in [0.25, 0.3) is 0 Å². The zero-order valence-corrected chi connectivity index (χ0v) is 10.3. The van der Waals surface area contributed by atoms with Crippen LogP contribution in [0.15, 0.2) is 28.7 Å². The second kappa shape index (κ2) is 4.91. The van der Waals surface area contributed by atoms with E-state index in [1.165, 1.54) is 7.11 Å². The van der Waals surface area contributed by atoms with Crippen molar-refractivity contribution in [3.8, 4) is 11.8 Å². The SMILES string of the molecule is COC(=O)n1nnc(Oc2ccc(Br)cc2)n1. The molecule has 0 amide bonds. The van der Waals surface area contributed by atoms with E-state index in [0.717, 1.165) is 4.47 Å². The molecule has 0 atom stereocenters. The first-order chi connectivity index (χ1) is 8.19. The maximum atomic E-state index is 11.0. The quantitative estimate of drug-likeness (QED) is 0.842. The standard InChI is InChI=1S/C9H7BrN4O3/c1-16-9(15)14-12-8(11-13-14)17-7-4-2-6(10)3-5-7/h2-5H,1H3. The molecule has 2 rings (SSSR count). The lowest BCUT2D eigenvalue weighted by Gasteiger charge is -1.99. The van der Waals surface area contributed by atoms with Gasteiger partial charge in [-0.15, -0.1) is 0 Å². The smallest absolute Gasteiger partial charge is 0.450 e. The van der Waals surface area contributed by atoms with E-state index in [1.807, 2.05) is 0 Å².